The van der Waals surface area contributed by atoms with Crippen LogP contribution in [-0.4, -0.2) is 60.9 Å². The average Bonchev–Trinajstić information content (AvgIpc) is 3.23. The molecule has 3 rings (SSSR count). The molecule has 0 bridgehead atoms. The van der Waals surface area contributed by atoms with Gasteiger partial charge in [-0.3, -0.25) is 0 Å². The lowest BCUT2D eigenvalue weighted by Crippen LogP contribution is -2.53. The highest BCUT2D eigenvalue weighted by molar-refractivity contribution is 7.11. The van der Waals surface area contributed by atoms with Crippen molar-refractivity contribution in [2.24, 2.45) is 4.99 Å². The standard InChI is InChI=1S/C16H26N4O2S/c1-3-17-16(19-10-13-9-18-12(2)23-13)20-6-8-22-15(11-20)14-5-4-7-21-14/h9,14-15H,3-8,10-11H2,1-2H3,(H,17,19). The van der Waals surface area contributed by atoms with Crippen molar-refractivity contribution in [1.29, 1.82) is 0 Å². The maximum absolute atomic E-state index is 5.93. The van der Waals surface area contributed by atoms with Gasteiger partial charge in [-0.1, -0.05) is 0 Å². The summed E-state index contributed by atoms with van der Waals surface area (Å²) < 4.78 is 11.7. The summed E-state index contributed by atoms with van der Waals surface area (Å²) in [5.41, 5.74) is 0. The van der Waals surface area contributed by atoms with Crippen LogP contribution in [0.5, 0.6) is 0 Å². The lowest BCUT2D eigenvalue weighted by molar-refractivity contribution is -0.0817. The molecule has 2 unspecified atom stereocenters. The summed E-state index contributed by atoms with van der Waals surface area (Å²) >= 11 is 1.71. The minimum atomic E-state index is 0.153. The van der Waals surface area contributed by atoms with E-state index in [-0.39, 0.29) is 12.2 Å². The van der Waals surface area contributed by atoms with Crippen molar-refractivity contribution in [3.8, 4) is 0 Å². The number of nitrogens with one attached hydrogen (secondary N) is 1. The van der Waals surface area contributed by atoms with Gasteiger partial charge >= 0.3 is 0 Å². The third kappa shape index (κ3) is 4.43. The van der Waals surface area contributed by atoms with Crippen LogP contribution in [0.2, 0.25) is 0 Å². The molecule has 0 radical (unpaired) electrons. The summed E-state index contributed by atoms with van der Waals surface area (Å²) in [7, 11) is 0. The largest absolute Gasteiger partial charge is 0.375 e. The maximum atomic E-state index is 5.93. The quantitative estimate of drug-likeness (QED) is 0.670. The van der Waals surface area contributed by atoms with E-state index in [0.29, 0.717) is 6.54 Å². The molecule has 0 saturated carbocycles. The van der Waals surface area contributed by atoms with Crippen molar-refractivity contribution < 1.29 is 9.47 Å². The van der Waals surface area contributed by atoms with Gasteiger partial charge in [0.2, 0.25) is 0 Å². The summed E-state index contributed by atoms with van der Waals surface area (Å²) in [5.74, 6) is 0.963. The van der Waals surface area contributed by atoms with Gasteiger partial charge < -0.3 is 19.7 Å². The van der Waals surface area contributed by atoms with Gasteiger partial charge in [0.1, 0.15) is 6.10 Å². The van der Waals surface area contributed by atoms with Crippen LogP contribution in [0.3, 0.4) is 0 Å². The van der Waals surface area contributed by atoms with Crippen molar-refractivity contribution in [1.82, 2.24) is 15.2 Å². The van der Waals surface area contributed by atoms with Gasteiger partial charge in [0.15, 0.2) is 5.96 Å². The molecule has 1 aromatic rings. The highest BCUT2D eigenvalue weighted by Gasteiger charge is 2.32. The van der Waals surface area contributed by atoms with Gasteiger partial charge in [0.25, 0.3) is 0 Å². The molecule has 2 saturated heterocycles. The molecule has 6 nitrogen and oxygen atoms in total. The van der Waals surface area contributed by atoms with Gasteiger partial charge in [0, 0.05) is 37.3 Å². The number of hydrogen-bond acceptors (Lipinski definition) is 5. The molecule has 2 atom stereocenters. The Morgan fingerprint density at radius 3 is 3.00 bits per heavy atom. The second-order valence-electron chi connectivity index (χ2n) is 5.92. The molecule has 1 N–H and O–H groups in total. The Labute approximate surface area is 141 Å². The first kappa shape index (κ1) is 16.7. The molecule has 2 aliphatic heterocycles. The Balaban J connectivity index is 1.64. The fourth-order valence-electron chi connectivity index (χ4n) is 3.05. The lowest BCUT2D eigenvalue weighted by Gasteiger charge is -2.37. The van der Waals surface area contributed by atoms with Gasteiger partial charge in [-0.15, -0.1) is 11.3 Å². The second kappa shape index (κ2) is 8.08. The van der Waals surface area contributed by atoms with Crippen LogP contribution in [0.4, 0.5) is 0 Å². The number of aryl methyl sites for hydroxylation is 1. The van der Waals surface area contributed by atoms with Gasteiger partial charge in [0.05, 0.1) is 24.3 Å². The van der Waals surface area contributed by atoms with Crippen molar-refractivity contribution in [3.63, 3.8) is 0 Å². The van der Waals surface area contributed by atoms with E-state index in [1.165, 1.54) is 4.88 Å². The molecule has 2 fully saturated rings. The van der Waals surface area contributed by atoms with Crippen LogP contribution in [-0.2, 0) is 16.0 Å². The Kier molecular flexibility index (Phi) is 5.85. The van der Waals surface area contributed by atoms with Crippen LogP contribution < -0.4 is 5.32 Å². The Morgan fingerprint density at radius 1 is 1.43 bits per heavy atom. The minimum Gasteiger partial charge on any atom is -0.375 e. The first-order chi connectivity index (χ1) is 11.3. The summed E-state index contributed by atoms with van der Waals surface area (Å²) in [5, 5.41) is 4.49. The summed E-state index contributed by atoms with van der Waals surface area (Å²) in [6, 6.07) is 0. The first-order valence-electron chi connectivity index (χ1n) is 8.44. The van der Waals surface area contributed by atoms with Crippen molar-refractivity contribution in [3.05, 3.63) is 16.1 Å². The normalized spacial score (nSPS) is 25.8. The molecule has 1 aromatic heterocycles. The number of aliphatic imine (C=N–C) groups is 1. The SMILES string of the molecule is CCNC(=NCc1cnc(C)s1)N1CCOC(C2CCCO2)C1. The summed E-state index contributed by atoms with van der Waals surface area (Å²) in [6.45, 7) is 8.98. The smallest absolute Gasteiger partial charge is 0.194 e. The van der Waals surface area contributed by atoms with Crippen LogP contribution in [0.25, 0.3) is 0 Å². The van der Waals surface area contributed by atoms with E-state index in [4.69, 9.17) is 14.5 Å². The zero-order valence-corrected chi connectivity index (χ0v) is 14.8. The monoisotopic (exact) mass is 338 g/mol. The first-order valence-corrected chi connectivity index (χ1v) is 9.25. The van der Waals surface area contributed by atoms with Crippen molar-refractivity contribution in [2.45, 2.75) is 45.4 Å². The zero-order chi connectivity index (χ0) is 16.1. The molecule has 0 amide bonds. The predicted octanol–water partition coefficient (Wildman–Crippen LogP) is 1.80. The molecule has 23 heavy (non-hydrogen) atoms. The van der Waals surface area contributed by atoms with E-state index < -0.39 is 0 Å². The number of rotatable bonds is 4. The fourth-order valence-corrected chi connectivity index (χ4v) is 3.76. The Morgan fingerprint density at radius 2 is 2.30 bits per heavy atom. The van der Waals surface area contributed by atoms with Crippen LogP contribution in [0.1, 0.15) is 29.7 Å². The van der Waals surface area contributed by atoms with Crippen molar-refractivity contribution >= 4 is 17.3 Å². The molecule has 128 valence electrons. The maximum Gasteiger partial charge on any atom is 0.194 e. The van der Waals surface area contributed by atoms with Gasteiger partial charge in [-0.25, -0.2) is 9.98 Å². The highest BCUT2D eigenvalue weighted by atomic mass is 32.1. The van der Waals surface area contributed by atoms with E-state index in [1.54, 1.807) is 11.3 Å². The topological polar surface area (TPSA) is 59.0 Å². The second-order valence-corrected chi connectivity index (χ2v) is 7.24. The van der Waals surface area contributed by atoms with Crippen LogP contribution >= 0.6 is 11.3 Å². The van der Waals surface area contributed by atoms with E-state index in [0.717, 1.165) is 56.7 Å². The van der Waals surface area contributed by atoms with E-state index in [9.17, 15) is 0 Å². The van der Waals surface area contributed by atoms with Gasteiger partial charge in [-0.2, -0.15) is 0 Å². The summed E-state index contributed by atoms with van der Waals surface area (Å²) in [4.78, 5) is 12.6. The predicted molar refractivity (Wildman–Crippen MR) is 92.0 cm³/mol. The molecule has 0 aliphatic carbocycles. The number of ether oxygens (including phenoxy) is 2. The van der Waals surface area contributed by atoms with Gasteiger partial charge in [-0.05, 0) is 26.7 Å². The van der Waals surface area contributed by atoms with E-state index in [2.05, 4.69) is 22.1 Å². The minimum absolute atomic E-state index is 0.153. The number of nitrogens with zero attached hydrogens (tertiary/aromatic N) is 3. The third-order valence-corrected chi connectivity index (χ3v) is 5.06. The Bertz CT molecular complexity index is 528. The molecule has 0 aromatic carbocycles. The van der Waals surface area contributed by atoms with Crippen molar-refractivity contribution in [2.75, 3.05) is 32.8 Å². The fraction of sp³-hybridized carbons (Fsp3) is 0.750. The molecule has 7 heteroatoms. The van der Waals surface area contributed by atoms with E-state index in [1.807, 2.05) is 13.1 Å². The van der Waals surface area contributed by atoms with E-state index >= 15 is 0 Å². The molecular formula is C16H26N4O2S. The molecule has 0 spiro atoms. The van der Waals surface area contributed by atoms with Crippen LogP contribution in [0.15, 0.2) is 11.2 Å². The number of guanidine groups is 1. The average molecular weight is 338 g/mol. The number of morpholine rings is 1. The molecule has 2 aliphatic rings. The zero-order valence-electron chi connectivity index (χ0n) is 14.0. The number of hydrogen-bond donors (Lipinski definition) is 1. The third-order valence-electron chi connectivity index (χ3n) is 4.16. The molecule has 3 heterocycles. The lowest BCUT2D eigenvalue weighted by atomic mass is 10.1. The number of thiazole rings is 1. The number of aromatic nitrogens is 1. The van der Waals surface area contributed by atoms with Crippen LogP contribution in [0, 0.1) is 6.92 Å². The highest BCUT2D eigenvalue weighted by Crippen LogP contribution is 2.21. The summed E-state index contributed by atoms with van der Waals surface area (Å²) in [6.07, 6.45) is 4.56. The Hall–Kier alpha value is -1.18. The molecular weight excluding hydrogens is 312 g/mol.